The third-order valence-corrected chi connectivity index (χ3v) is 3.36. The molecule has 1 aromatic heterocycles. The van der Waals surface area contributed by atoms with Gasteiger partial charge in [-0.05, 0) is 13.0 Å². The number of benzene rings is 1. The van der Waals surface area contributed by atoms with Gasteiger partial charge in [0.25, 0.3) is 0 Å². The van der Waals surface area contributed by atoms with Crippen LogP contribution in [0.1, 0.15) is 16.8 Å². The van der Waals surface area contributed by atoms with E-state index in [1.165, 1.54) is 16.9 Å². The third-order valence-electron chi connectivity index (χ3n) is 2.64. The minimum absolute atomic E-state index is 0.0139. The molecule has 0 aliphatic heterocycles. The zero-order valence-corrected chi connectivity index (χ0v) is 11.3. The highest BCUT2D eigenvalue weighted by Crippen LogP contribution is 2.19. The molecule has 0 aliphatic rings. The second kappa shape index (κ2) is 5.84. The highest BCUT2D eigenvalue weighted by molar-refractivity contribution is 7.07. The SMILES string of the molecule is COc1ccc(C)cc1CNCc1csc(=O)[nH]1. The lowest BCUT2D eigenvalue weighted by molar-refractivity contribution is 0.407. The van der Waals surface area contributed by atoms with Gasteiger partial charge in [-0.15, -0.1) is 0 Å². The average molecular weight is 264 g/mol. The van der Waals surface area contributed by atoms with Crippen LogP contribution in [0.5, 0.6) is 5.75 Å². The molecule has 18 heavy (non-hydrogen) atoms. The van der Waals surface area contributed by atoms with Crippen molar-refractivity contribution in [3.63, 3.8) is 0 Å². The first-order chi connectivity index (χ1) is 8.69. The van der Waals surface area contributed by atoms with Gasteiger partial charge in [-0.2, -0.15) is 0 Å². The van der Waals surface area contributed by atoms with E-state index in [1.54, 1.807) is 7.11 Å². The van der Waals surface area contributed by atoms with E-state index < -0.39 is 0 Å². The van der Waals surface area contributed by atoms with Gasteiger partial charge >= 0.3 is 4.87 Å². The number of nitrogens with one attached hydrogen (secondary N) is 2. The molecule has 0 amide bonds. The summed E-state index contributed by atoms with van der Waals surface area (Å²) < 4.78 is 5.31. The van der Waals surface area contributed by atoms with Crippen molar-refractivity contribution >= 4 is 11.3 Å². The smallest absolute Gasteiger partial charge is 0.304 e. The number of methoxy groups -OCH3 is 1. The molecule has 0 bridgehead atoms. The van der Waals surface area contributed by atoms with E-state index >= 15 is 0 Å². The van der Waals surface area contributed by atoms with Crippen LogP contribution in [0.2, 0.25) is 0 Å². The summed E-state index contributed by atoms with van der Waals surface area (Å²) in [7, 11) is 1.67. The van der Waals surface area contributed by atoms with E-state index in [1.807, 2.05) is 17.5 Å². The van der Waals surface area contributed by atoms with Gasteiger partial charge in [-0.1, -0.05) is 29.0 Å². The van der Waals surface area contributed by atoms with E-state index in [2.05, 4.69) is 23.3 Å². The summed E-state index contributed by atoms with van der Waals surface area (Å²) in [5.74, 6) is 0.881. The Hall–Kier alpha value is -1.59. The lowest BCUT2D eigenvalue weighted by atomic mass is 10.1. The summed E-state index contributed by atoms with van der Waals surface area (Å²) in [4.78, 5) is 13.7. The molecule has 0 saturated carbocycles. The van der Waals surface area contributed by atoms with Gasteiger partial charge in [-0.25, -0.2) is 0 Å². The molecule has 96 valence electrons. The molecule has 5 heteroatoms. The Morgan fingerprint density at radius 2 is 2.22 bits per heavy atom. The molecule has 0 radical (unpaired) electrons. The largest absolute Gasteiger partial charge is 0.496 e. The number of aromatic amines is 1. The van der Waals surface area contributed by atoms with Crippen molar-refractivity contribution < 1.29 is 4.74 Å². The molecule has 0 fully saturated rings. The molecule has 0 saturated heterocycles. The first-order valence-corrected chi connectivity index (χ1v) is 6.58. The van der Waals surface area contributed by atoms with Gasteiger partial charge in [0.15, 0.2) is 0 Å². The van der Waals surface area contributed by atoms with Gasteiger partial charge in [0.1, 0.15) is 5.75 Å². The van der Waals surface area contributed by atoms with Crippen LogP contribution in [0.3, 0.4) is 0 Å². The second-order valence-corrected chi connectivity index (χ2v) is 4.93. The summed E-state index contributed by atoms with van der Waals surface area (Å²) in [6.45, 7) is 3.41. The molecule has 1 heterocycles. The number of H-pyrrole nitrogens is 1. The molecule has 0 atom stereocenters. The third kappa shape index (κ3) is 3.21. The molecule has 2 aromatic rings. The Morgan fingerprint density at radius 3 is 2.89 bits per heavy atom. The Labute approximate surface area is 110 Å². The Bertz CT molecular complexity index is 574. The molecular weight excluding hydrogens is 248 g/mol. The first-order valence-electron chi connectivity index (χ1n) is 5.70. The lowest BCUT2D eigenvalue weighted by Crippen LogP contribution is -2.14. The fraction of sp³-hybridized carbons (Fsp3) is 0.308. The molecule has 0 spiro atoms. The van der Waals surface area contributed by atoms with Gasteiger partial charge in [0.05, 0.1) is 7.11 Å². The van der Waals surface area contributed by atoms with Crippen molar-refractivity contribution in [2.45, 2.75) is 20.0 Å². The van der Waals surface area contributed by atoms with Crippen LogP contribution in [0, 0.1) is 6.92 Å². The highest BCUT2D eigenvalue weighted by Gasteiger charge is 2.03. The van der Waals surface area contributed by atoms with Crippen LogP contribution in [0.4, 0.5) is 0 Å². The average Bonchev–Trinajstić information content (AvgIpc) is 2.75. The number of aryl methyl sites for hydroxylation is 1. The number of aromatic nitrogens is 1. The van der Waals surface area contributed by atoms with Gasteiger partial charge in [0, 0.05) is 29.7 Å². The van der Waals surface area contributed by atoms with E-state index in [-0.39, 0.29) is 4.87 Å². The fourth-order valence-electron chi connectivity index (χ4n) is 1.78. The van der Waals surface area contributed by atoms with E-state index in [0.29, 0.717) is 13.1 Å². The van der Waals surface area contributed by atoms with E-state index in [9.17, 15) is 4.79 Å². The fourth-order valence-corrected chi connectivity index (χ4v) is 2.36. The van der Waals surface area contributed by atoms with Crippen molar-refractivity contribution in [1.29, 1.82) is 0 Å². The van der Waals surface area contributed by atoms with E-state index in [4.69, 9.17) is 4.74 Å². The molecule has 0 unspecified atom stereocenters. The van der Waals surface area contributed by atoms with Crippen LogP contribution >= 0.6 is 11.3 Å². The van der Waals surface area contributed by atoms with Crippen LogP contribution in [0.15, 0.2) is 28.4 Å². The summed E-state index contributed by atoms with van der Waals surface area (Å²) in [6, 6.07) is 6.10. The zero-order chi connectivity index (χ0) is 13.0. The van der Waals surface area contributed by atoms with Gasteiger partial charge < -0.3 is 15.0 Å². The second-order valence-electron chi connectivity index (χ2n) is 4.09. The minimum Gasteiger partial charge on any atom is -0.496 e. The molecule has 4 nitrogen and oxygen atoms in total. The Balaban J connectivity index is 1.97. The summed E-state index contributed by atoms with van der Waals surface area (Å²) in [6.07, 6.45) is 0. The predicted octanol–water partition coefficient (Wildman–Crippen LogP) is 2.04. The van der Waals surface area contributed by atoms with Crippen LogP contribution in [-0.4, -0.2) is 12.1 Å². The van der Waals surface area contributed by atoms with Gasteiger partial charge in [0.2, 0.25) is 0 Å². The van der Waals surface area contributed by atoms with Gasteiger partial charge in [-0.3, -0.25) is 4.79 Å². The number of thiazole rings is 1. The van der Waals surface area contributed by atoms with Crippen molar-refractivity contribution in [3.8, 4) is 5.75 Å². The standard InChI is InChI=1S/C13H16N2O2S/c1-9-3-4-12(17-2)10(5-9)6-14-7-11-8-18-13(16)15-11/h3-5,8,14H,6-7H2,1-2H3,(H,15,16). The van der Waals surface area contributed by atoms with E-state index in [0.717, 1.165) is 17.0 Å². The highest BCUT2D eigenvalue weighted by atomic mass is 32.1. The quantitative estimate of drug-likeness (QED) is 0.869. The van der Waals surface area contributed by atoms with Crippen molar-refractivity contribution in [1.82, 2.24) is 10.3 Å². The molecular formula is C13H16N2O2S. The zero-order valence-electron chi connectivity index (χ0n) is 10.4. The maximum atomic E-state index is 11.0. The normalized spacial score (nSPS) is 10.6. The van der Waals surface area contributed by atoms with Crippen molar-refractivity contribution in [2.24, 2.45) is 0 Å². The van der Waals surface area contributed by atoms with Crippen molar-refractivity contribution in [2.75, 3.05) is 7.11 Å². The maximum absolute atomic E-state index is 11.0. The predicted molar refractivity (Wildman–Crippen MR) is 73.2 cm³/mol. The summed E-state index contributed by atoms with van der Waals surface area (Å²) in [5, 5.41) is 5.13. The molecule has 2 rings (SSSR count). The van der Waals surface area contributed by atoms with Crippen LogP contribution in [0.25, 0.3) is 0 Å². The van der Waals surface area contributed by atoms with Crippen LogP contribution < -0.4 is 14.9 Å². The summed E-state index contributed by atoms with van der Waals surface area (Å²) >= 11 is 1.18. The summed E-state index contributed by atoms with van der Waals surface area (Å²) in [5.41, 5.74) is 3.24. The molecule has 0 aliphatic carbocycles. The lowest BCUT2D eigenvalue weighted by Gasteiger charge is -2.10. The maximum Gasteiger partial charge on any atom is 0.304 e. The first kappa shape index (κ1) is 12.9. The van der Waals surface area contributed by atoms with Crippen LogP contribution in [-0.2, 0) is 13.1 Å². The number of hydrogen-bond acceptors (Lipinski definition) is 4. The minimum atomic E-state index is -0.0139. The monoisotopic (exact) mass is 264 g/mol. The number of rotatable bonds is 5. The topological polar surface area (TPSA) is 54.1 Å². The molecule has 2 N–H and O–H groups in total. The Kier molecular flexibility index (Phi) is 4.17. The van der Waals surface area contributed by atoms with Crippen molar-refractivity contribution in [3.05, 3.63) is 50.1 Å². The molecule has 1 aromatic carbocycles. The Morgan fingerprint density at radius 1 is 1.39 bits per heavy atom. The number of ether oxygens (including phenoxy) is 1. The number of hydrogen-bond donors (Lipinski definition) is 2.